The van der Waals surface area contributed by atoms with Gasteiger partial charge in [-0.05, 0) is 101 Å². The highest BCUT2D eigenvalue weighted by Crippen LogP contribution is 2.34. The Hall–Kier alpha value is -3.26. The van der Waals surface area contributed by atoms with E-state index in [4.69, 9.17) is 0 Å². The molecule has 8 heteroatoms. The Bertz CT molecular complexity index is 1420. The van der Waals surface area contributed by atoms with E-state index in [-0.39, 0.29) is 17.9 Å². The second-order valence-electron chi connectivity index (χ2n) is 12.5. The molecule has 2 saturated heterocycles. The minimum absolute atomic E-state index is 0.00566. The Morgan fingerprint density at radius 3 is 2.51 bits per heavy atom. The number of pyridine rings is 1. The fourth-order valence-electron chi connectivity index (χ4n) is 6.81. The van der Waals surface area contributed by atoms with Crippen LogP contribution in [-0.2, 0) is 11.2 Å². The van der Waals surface area contributed by atoms with E-state index in [0.717, 1.165) is 62.9 Å². The number of fused-ring (bicyclic) bond motifs is 1. The number of carbonyl (C=O) groups is 2. The smallest absolute Gasteiger partial charge is 0.256 e. The van der Waals surface area contributed by atoms with Crippen molar-refractivity contribution in [2.45, 2.75) is 72.4 Å². The van der Waals surface area contributed by atoms with Crippen LogP contribution in [0.3, 0.4) is 0 Å². The number of rotatable bonds is 7. The van der Waals surface area contributed by atoms with Gasteiger partial charge in [-0.25, -0.2) is 4.39 Å². The highest BCUT2D eigenvalue weighted by molar-refractivity contribution is 5.99. The van der Waals surface area contributed by atoms with Crippen LogP contribution in [0.5, 0.6) is 0 Å². The minimum Gasteiger partial charge on any atom is -0.343 e. The van der Waals surface area contributed by atoms with E-state index in [2.05, 4.69) is 29.9 Å². The standard InChI is InChI=1S/C33H44FN5O2/c1-21(2)36(6)33(41)29-16-28(34)7-8-30(29)39-20-27(32-22(3)17-35-18-31(32)39)15-25-9-12-38(19-25)23(4)26-10-13-37(14-11-26)24(5)40/h7-8,16-18,20-21,23,25-26H,9-15,19H2,1-6H3/t23-,25+/m0/s1. The average molecular weight is 562 g/mol. The van der Waals surface area contributed by atoms with Gasteiger partial charge in [-0.15, -0.1) is 0 Å². The van der Waals surface area contributed by atoms with Gasteiger partial charge in [-0.1, -0.05) is 0 Å². The lowest BCUT2D eigenvalue weighted by Crippen LogP contribution is -2.44. The van der Waals surface area contributed by atoms with E-state index < -0.39 is 5.82 Å². The van der Waals surface area contributed by atoms with E-state index in [1.165, 1.54) is 23.1 Å². The van der Waals surface area contributed by atoms with E-state index in [0.29, 0.717) is 29.1 Å². The highest BCUT2D eigenvalue weighted by atomic mass is 19.1. The van der Waals surface area contributed by atoms with Gasteiger partial charge in [-0.3, -0.25) is 14.6 Å². The molecule has 2 atom stereocenters. The zero-order chi connectivity index (χ0) is 29.4. The molecule has 2 fully saturated rings. The molecule has 2 aliphatic rings. The summed E-state index contributed by atoms with van der Waals surface area (Å²) in [6, 6.07) is 4.98. The third-order valence-electron chi connectivity index (χ3n) is 9.59. The van der Waals surface area contributed by atoms with E-state index >= 15 is 0 Å². The predicted octanol–water partition coefficient (Wildman–Crippen LogP) is 5.46. The summed E-state index contributed by atoms with van der Waals surface area (Å²) in [4.78, 5) is 35.9. The van der Waals surface area contributed by atoms with Crippen molar-refractivity contribution in [1.82, 2.24) is 24.3 Å². The molecule has 0 unspecified atom stereocenters. The monoisotopic (exact) mass is 561 g/mol. The zero-order valence-corrected chi connectivity index (χ0v) is 25.4. The van der Waals surface area contributed by atoms with Crippen molar-refractivity contribution in [2.24, 2.45) is 11.8 Å². The number of hydrogen-bond donors (Lipinski definition) is 0. The molecular formula is C33H44FN5O2. The second kappa shape index (κ2) is 11.9. The SMILES string of the molecule is CC(=O)N1CCC([C@H](C)N2CC[C@H](Cc3cn(-c4ccc(F)cc4C(=O)N(C)C(C)C)c4cncc(C)c34)C2)CC1. The first-order valence-corrected chi connectivity index (χ1v) is 15.1. The number of piperidine rings is 1. The number of hydrogen-bond acceptors (Lipinski definition) is 4. The van der Waals surface area contributed by atoms with Gasteiger partial charge in [0.1, 0.15) is 5.82 Å². The number of benzene rings is 1. The summed E-state index contributed by atoms with van der Waals surface area (Å²) in [7, 11) is 1.76. The van der Waals surface area contributed by atoms with Crippen LogP contribution in [-0.4, -0.2) is 81.4 Å². The predicted molar refractivity (Wildman–Crippen MR) is 161 cm³/mol. The fourth-order valence-corrected chi connectivity index (χ4v) is 6.81. The van der Waals surface area contributed by atoms with Crippen molar-refractivity contribution in [2.75, 3.05) is 33.2 Å². The summed E-state index contributed by atoms with van der Waals surface area (Å²) < 4.78 is 16.4. The van der Waals surface area contributed by atoms with Gasteiger partial charge in [0, 0.05) is 63.5 Å². The molecular weight excluding hydrogens is 517 g/mol. The quantitative estimate of drug-likeness (QED) is 0.384. The van der Waals surface area contributed by atoms with Crippen LogP contribution in [0, 0.1) is 24.6 Å². The number of likely N-dealkylation sites (tertiary alicyclic amines) is 2. The van der Waals surface area contributed by atoms with Crippen LogP contribution >= 0.6 is 0 Å². The molecule has 3 aromatic rings. The van der Waals surface area contributed by atoms with Crippen molar-refractivity contribution in [1.29, 1.82) is 0 Å². The van der Waals surface area contributed by atoms with E-state index in [9.17, 15) is 14.0 Å². The first kappa shape index (κ1) is 29.2. The first-order chi connectivity index (χ1) is 19.5. The molecule has 0 radical (unpaired) electrons. The molecule has 41 heavy (non-hydrogen) atoms. The van der Waals surface area contributed by atoms with Crippen molar-refractivity contribution in [3.63, 3.8) is 0 Å². The maximum atomic E-state index is 14.4. The molecule has 0 spiro atoms. The Kier molecular flexibility index (Phi) is 8.50. The molecule has 0 N–H and O–H groups in total. The number of nitrogens with zero attached hydrogens (tertiary/aromatic N) is 5. The number of amides is 2. The molecule has 220 valence electrons. The second-order valence-corrected chi connectivity index (χ2v) is 12.5. The molecule has 2 aliphatic heterocycles. The van der Waals surface area contributed by atoms with Crippen molar-refractivity contribution >= 4 is 22.7 Å². The average Bonchev–Trinajstić information content (AvgIpc) is 3.57. The lowest BCUT2D eigenvalue weighted by molar-refractivity contribution is -0.130. The summed E-state index contributed by atoms with van der Waals surface area (Å²) in [6.45, 7) is 13.9. The van der Waals surface area contributed by atoms with Gasteiger partial charge < -0.3 is 19.3 Å². The third kappa shape index (κ3) is 5.89. The molecule has 5 rings (SSSR count). The normalized spacial score (nSPS) is 19.3. The molecule has 1 aromatic carbocycles. The third-order valence-corrected chi connectivity index (χ3v) is 9.59. The zero-order valence-electron chi connectivity index (χ0n) is 25.4. The number of carbonyl (C=O) groups excluding carboxylic acids is 2. The fraction of sp³-hybridized carbons (Fsp3) is 0.545. The van der Waals surface area contributed by atoms with Crippen molar-refractivity contribution in [3.05, 3.63) is 59.3 Å². The lowest BCUT2D eigenvalue weighted by atomic mass is 9.89. The Morgan fingerprint density at radius 1 is 1.10 bits per heavy atom. The van der Waals surface area contributed by atoms with Crippen LogP contribution in [0.2, 0.25) is 0 Å². The maximum Gasteiger partial charge on any atom is 0.256 e. The molecule has 0 saturated carbocycles. The maximum absolute atomic E-state index is 14.4. The van der Waals surface area contributed by atoms with Crippen LogP contribution in [0.4, 0.5) is 4.39 Å². The lowest BCUT2D eigenvalue weighted by Gasteiger charge is -2.38. The topological polar surface area (TPSA) is 61.7 Å². The summed E-state index contributed by atoms with van der Waals surface area (Å²) in [6.07, 6.45) is 10.1. The molecule has 0 aliphatic carbocycles. The Labute approximate surface area is 243 Å². The van der Waals surface area contributed by atoms with Gasteiger partial charge in [0.2, 0.25) is 5.91 Å². The largest absolute Gasteiger partial charge is 0.343 e. The van der Waals surface area contributed by atoms with Gasteiger partial charge in [-0.2, -0.15) is 0 Å². The summed E-state index contributed by atoms with van der Waals surface area (Å²) in [5.74, 6) is 0.715. The molecule has 2 aromatic heterocycles. The van der Waals surface area contributed by atoms with Gasteiger partial charge in [0.05, 0.1) is 23.0 Å². The summed E-state index contributed by atoms with van der Waals surface area (Å²) >= 11 is 0. The van der Waals surface area contributed by atoms with E-state index in [1.807, 2.05) is 35.7 Å². The molecule has 0 bridgehead atoms. The van der Waals surface area contributed by atoms with Gasteiger partial charge in [0.25, 0.3) is 5.91 Å². The summed E-state index contributed by atoms with van der Waals surface area (Å²) in [5.41, 5.74) is 4.31. The van der Waals surface area contributed by atoms with Gasteiger partial charge >= 0.3 is 0 Å². The number of aryl methyl sites for hydroxylation is 1. The molecule has 7 nitrogen and oxygen atoms in total. The molecule has 2 amide bonds. The number of aromatic nitrogens is 2. The Morgan fingerprint density at radius 2 is 1.83 bits per heavy atom. The van der Waals surface area contributed by atoms with Crippen LogP contribution in [0.15, 0.2) is 36.8 Å². The van der Waals surface area contributed by atoms with Crippen molar-refractivity contribution in [3.8, 4) is 5.69 Å². The first-order valence-electron chi connectivity index (χ1n) is 15.1. The van der Waals surface area contributed by atoms with Crippen LogP contribution in [0.1, 0.15) is 68.4 Å². The Balaban J connectivity index is 1.39. The number of halogens is 1. The van der Waals surface area contributed by atoms with Crippen molar-refractivity contribution < 1.29 is 14.0 Å². The van der Waals surface area contributed by atoms with E-state index in [1.54, 1.807) is 24.9 Å². The minimum atomic E-state index is -0.424. The summed E-state index contributed by atoms with van der Waals surface area (Å²) in [5, 5.41) is 1.17. The molecule has 4 heterocycles. The van der Waals surface area contributed by atoms with Crippen LogP contribution in [0.25, 0.3) is 16.6 Å². The van der Waals surface area contributed by atoms with Gasteiger partial charge in [0.15, 0.2) is 0 Å². The van der Waals surface area contributed by atoms with Crippen LogP contribution < -0.4 is 0 Å². The highest BCUT2D eigenvalue weighted by Gasteiger charge is 2.33.